The van der Waals surface area contributed by atoms with E-state index in [9.17, 15) is 4.39 Å². The van der Waals surface area contributed by atoms with Gasteiger partial charge in [-0.3, -0.25) is 5.10 Å². The third-order valence-corrected chi connectivity index (χ3v) is 2.88. The molecule has 17 heavy (non-hydrogen) atoms. The molecule has 2 aromatic rings. The lowest BCUT2D eigenvalue weighted by molar-refractivity contribution is 0.404. The van der Waals surface area contributed by atoms with Gasteiger partial charge in [-0.25, -0.2) is 4.39 Å². The highest BCUT2D eigenvalue weighted by atomic mass is 19.1. The number of benzene rings is 1. The van der Waals surface area contributed by atoms with Crippen LogP contribution in [0, 0.1) is 19.7 Å². The Hall–Kier alpha value is -2.04. The molecule has 0 amide bonds. The molecule has 1 aromatic heterocycles. The molecular formula is C12H14FN3O. The number of hydrogen-bond donors (Lipinski definition) is 2. The predicted molar refractivity (Wildman–Crippen MR) is 64.4 cm³/mol. The van der Waals surface area contributed by atoms with Gasteiger partial charge in [-0.1, -0.05) is 0 Å². The maximum Gasteiger partial charge on any atom is 0.130 e. The summed E-state index contributed by atoms with van der Waals surface area (Å²) in [5, 5.41) is 6.46. The number of methoxy groups -OCH3 is 1. The van der Waals surface area contributed by atoms with Crippen molar-refractivity contribution in [1.82, 2.24) is 10.2 Å². The second-order valence-electron chi connectivity index (χ2n) is 3.89. The lowest BCUT2D eigenvalue weighted by Crippen LogP contribution is -1.98. The van der Waals surface area contributed by atoms with Crippen molar-refractivity contribution in [2.24, 2.45) is 0 Å². The van der Waals surface area contributed by atoms with Crippen LogP contribution in [-0.2, 0) is 0 Å². The van der Waals surface area contributed by atoms with E-state index in [1.807, 2.05) is 6.92 Å². The molecule has 0 saturated carbocycles. The van der Waals surface area contributed by atoms with Gasteiger partial charge in [0, 0.05) is 11.1 Å². The summed E-state index contributed by atoms with van der Waals surface area (Å²) in [5.41, 5.74) is 8.45. The second kappa shape index (κ2) is 4.08. The number of rotatable bonds is 2. The highest BCUT2D eigenvalue weighted by molar-refractivity contribution is 5.78. The van der Waals surface area contributed by atoms with Gasteiger partial charge < -0.3 is 10.5 Å². The minimum absolute atomic E-state index is 0.317. The van der Waals surface area contributed by atoms with Gasteiger partial charge in [-0.2, -0.15) is 5.10 Å². The maximum atomic E-state index is 13.8. The molecule has 0 saturated heterocycles. The number of H-pyrrole nitrogens is 1. The average Bonchev–Trinajstić information content (AvgIpc) is 2.71. The van der Waals surface area contributed by atoms with Crippen molar-refractivity contribution in [2.45, 2.75) is 13.8 Å². The Bertz CT molecular complexity index is 563. The molecule has 1 aromatic carbocycles. The number of nitrogens with two attached hydrogens (primary N) is 1. The van der Waals surface area contributed by atoms with Crippen LogP contribution in [0.25, 0.3) is 11.1 Å². The summed E-state index contributed by atoms with van der Waals surface area (Å²) in [6, 6.07) is 1.45. The molecule has 0 unspecified atom stereocenters. The molecule has 5 heteroatoms. The third-order valence-electron chi connectivity index (χ3n) is 2.88. The SMILES string of the molecule is COc1c(C)c(F)cc(-c2cn[nH]c2N)c1C. The van der Waals surface area contributed by atoms with Crippen LogP contribution in [0.4, 0.5) is 10.2 Å². The number of halogens is 1. The Labute approximate surface area is 98.6 Å². The number of nitrogens with one attached hydrogen (secondary N) is 1. The predicted octanol–water partition coefficient (Wildman–Crippen LogP) is 2.42. The molecule has 90 valence electrons. The van der Waals surface area contributed by atoms with Crippen LogP contribution < -0.4 is 10.5 Å². The summed E-state index contributed by atoms with van der Waals surface area (Å²) < 4.78 is 19.0. The number of hydrogen-bond acceptors (Lipinski definition) is 3. The van der Waals surface area contributed by atoms with Crippen molar-refractivity contribution in [1.29, 1.82) is 0 Å². The monoisotopic (exact) mass is 235 g/mol. The van der Waals surface area contributed by atoms with Crippen molar-refractivity contribution >= 4 is 5.82 Å². The molecule has 4 nitrogen and oxygen atoms in total. The van der Waals surface area contributed by atoms with E-state index in [0.717, 1.165) is 5.56 Å². The van der Waals surface area contributed by atoms with Gasteiger partial charge in [-0.15, -0.1) is 0 Å². The molecule has 1 heterocycles. The fraction of sp³-hybridized carbons (Fsp3) is 0.250. The van der Waals surface area contributed by atoms with Gasteiger partial charge in [0.25, 0.3) is 0 Å². The fourth-order valence-electron chi connectivity index (χ4n) is 1.95. The van der Waals surface area contributed by atoms with Gasteiger partial charge in [0.05, 0.1) is 13.3 Å². The third kappa shape index (κ3) is 1.73. The van der Waals surface area contributed by atoms with Crippen molar-refractivity contribution in [3.8, 4) is 16.9 Å². The molecule has 0 spiro atoms. The Morgan fingerprint density at radius 1 is 1.29 bits per heavy atom. The van der Waals surface area contributed by atoms with Crippen LogP contribution in [-0.4, -0.2) is 17.3 Å². The number of ether oxygens (including phenoxy) is 1. The summed E-state index contributed by atoms with van der Waals surface area (Å²) in [6.45, 7) is 3.55. The fourth-order valence-corrected chi connectivity index (χ4v) is 1.95. The second-order valence-corrected chi connectivity index (χ2v) is 3.89. The van der Waals surface area contributed by atoms with Crippen molar-refractivity contribution in [2.75, 3.05) is 12.8 Å². The summed E-state index contributed by atoms with van der Waals surface area (Å²) in [5.74, 6) is 0.641. The average molecular weight is 235 g/mol. The number of nitrogen functional groups attached to an aromatic ring is 1. The van der Waals surface area contributed by atoms with Crippen LogP contribution >= 0.6 is 0 Å². The van der Waals surface area contributed by atoms with Gasteiger partial charge in [0.2, 0.25) is 0 Å². The van der Waals surface area contributed by atoms with Gasteiger partial charge in [0.15, 0.2) is 0 Å². The normalized spacial score (nSPS) is 10.6. The molecular weight excluding hydrogens is 221 g/mol. The Morgan fingerprint density at radius 2 is 2.00 bits per heavy atom. The summed E-state index contributed by atoms with van der Waals surface area (Å²) >= 11 is 0. The highest BCUT2D eigenvalue weighted by Crippen LogP contribution is 2.36. The molecule has 0 bridgehead atoms. The minimum atomic E-state index is -0.317. The Balaban J connectivity index is 2.72. The van der Waals surface area contributed by atoms with Crippen LogP contribution in [0.3, 0.4) is 0 Å². The van der Waals surface area contributed by atoms with Crippen molar-refractivity contribution < 1.29 is 9.13 Å². The first-order chi connectivity index (χ1) is 8.06. The van der Waals surface area contributed by atoms with Gasteiger partial charge in [0.1, 0.15) is 17.4 Å². The molecule has 0 atom stereocenters. The summed E-state index contributed by atoms with van der Waals surface area (Å²) in [6.07, 6.45) is 1.58. The first kappa shape index (κ1) is 11.4. The lowest BCUT2D eigenvalue weighted by Gasteiger charge is -2.13. The molecule has 0 fully saturated rings. The molecule has 0 aliphatic carbocycles. The quantitative estimate of drug-likeness (QED) is 0.840. The Kier molecular flexibility index (Phi) is 2.75. The van der Waals surface area contributed by atoms with Crippen LogP contribution in [0.15, 0.2) is 12.3 Å². The van der Waals surface area contributed by atoms with E-state index in [1.165, 1.54) is 13.2 Å². The van der Waals surface area contributed by atoms with Crippen molar-refractivity contribution in [3.05, 3.63) is 29.2 Å². The smallest absolute Gasteiger partial charge is 0.130 e. The number of anilines is 1. The van der Waals surface area contributed by atoms with E-state index in [-0.39, 0.29) is 5.82 Å². The zero-order chi connectivity index (χ0) is 12.6. The maximum absolute atomic E-state index is 13.8. The summed E-state index contributed by atoms with van der Waals surface area (Å²) in [4.78, 5) is 0. The molecule has 0 radical (unpaired) electrons. The first-order valence-electron chi connectivity index (χ1n) is 5.19. The van der Waals surface area contributed by atoms with Gasteiger partial charge in [-0.05, 0) is 31.0 Å². The van der Waals surface area contributed by atoms with Crippen LogP contribution in [0.5, 0.6) is 5.75 Å². The highest BCUT2D eigenvalue weighted by Gasteiger charge is 2.16. The molecule has 0 aliphatic heterocycles. The number of aromatic nitrogens is 2. The number of aromatic amines is 1. The largest absolute Gasteiger partial charge is 0.496 e. The number of nitrogens with zero attached hydrogens (tertiary/aromatic N) is 1. The molecule has 0 aliphatic rings. The standard InChI is InChI=1S/C12H14FN3O/c1-6-8(9-5-15-16-12(9)14)4-10(13)7(2)11(6)17-3/h4-5H,1-3H3,(H3,14,15,16). The van der Waals surface area contributed by atoms with E-state index in [2.05, 4.69) is 10.2 Å². The summed E-state index contributed by atoms with van der Waals surface area (Å²) in [7, 11) is 1.53. The van der Waals surface area contributed by atoms with Gasteiger partial charge >= 0.3 is 0 Å². The Morgan fingerprint density at radius 3 is 2.53 bits per heavy atom. The van der Waals surface area contributed by atoms with Crippen molar-refractivity contribution in [3.63, 3.8) is 0 Å². The van der Waals surface area contributed by atoms with Crippen LogP contribution in [0.1, 0.15) is 11.1 Å². The minimum Gasteiger partial charge on any atom is -0.496 e. The van der Waals surface area contributed by atoms with E-state index in [4.69, 9.17) is 10.5 Å². The first-order valence-corrected chi connectivity index (χ1v) is 5.19. The zero-order valence-electron chi connectivity index (χ0n) is 9.97. The van der Waals surface area contributed by atoms with E-state index in [0.29, 0.717) is 28.3 Å². The van der Waals surface area contributed by atoms with Crippen LogP contribution in [0.2, 0.25) is 0 Å². The molecule has 3 N–H and O–H groups in total. The topological polar surface area (TPSA) is 63.9 Å². The van der Waals surface area contributed by atoms with E-state index >= 15 is 0 Å². The molecule has 2 rings (SSSR count). The van der Waals surface area contributed by atoms with E-state index < -0.39 is 0 Å². The zero-order valence-corrected chi connectivity index (χ0v) is 9.97. The lowest BCUT2D eigenvalue weighted by atomic mass is 9.98. The van der Waals surface area contributed by atoms with E-state index in [1.54, 1.807) is 13.1 Å².